The molecule has 0 bridgehead atoms. The van der Waals surface area contributed by atoms with Gasteiger partial charge >= 0.3 is 0 Å². The van der Waals surface area contributed by atoms with Crippen LogP contribution in [0, 0.1) is 0 Å². The minimum Gasteiger partial charge on any atom is -0.391 e. The lowest BCUT2D eigenvalue weighted by molar-refractivity contribution is -0.0716. The summed E-state index contributed by atoms with van der Waals surface area (Å²) in [5.41, 5.74) is 0. The Labute approximate surface area is 111 Å². The molecule has 2 nitrogen and oxygen atoms in total. The van der Waals surface area contributed by atoms with Gasteiger partial charge in [-0.2, -0.15) is 0 Å². The largest absolute Gasteiger partial charge is 0.391 e. The summed E-state index contributed by atoms with van der Waals surface area (Å²) >= 11 is 9.88. The van der Waals surface area contributed by atoms with E-state index in [2.05, 4.69) is 35.0 Å². The average Bonchev–Trinajstić information content (AvgIpc) is 2.30. The van der Waals surface area contributed by atoms with E-state index in [1.54, 1.807) is 6.92 Å². The lowest BCUT2D eigenvalue weighted by Gasteiger charge is -2.30. The molecule has 0 aromatic rings. The number of alkyl halides is 2. The number of halogens is 2. The highest BCUT2D eigenvalue weighted by atomic mass is 79.9. The molecule has 1 N–H and O–H groups in total. The summed E-state index contributed by atoms with van der Waals surface area (Å²) in [6.45, 7) is 3.82. The first kappa shape index (κ1) is 14.5. The molecule has 0 aromatic heterocycles. The maximum Gasteiger partial charge on any atom is 0.100 e. The number of hydrogen-bond donors (Lipinski definition) is 1. The third kappa shape index (κ3) is 4.02. The zero-order valence-electron chi connectivity index (χ0n) is 9.77. The van der Waals surface area contributed by atoms with Crippen molar-refractivity contribution in [1.29, 1.82) is 0 Å². The van der Waals surface area contributed by atoms with Crippen LogP contribution in [-0.2, 0) is 4.74 Å². The van der Waals surface area contributed by atoms with E-state index in [1.165, 1.54) is 0 Å². The Kier molecular flexibility index (Phi) is 6.34. The highest BCUT2D eigenvalue weighted by Gasteiger charge is 2.30. The maximum absolute atomic E-state index is 9.71. The van der Waals surface area contributed by atoms with E-state index in [4.69, 9.17) is 16.3 Å². The molecule has 0 unspecified atom stereocenters. The smallest absolute Gasteiger partial charge is 0.100 e. The summed E-state index contributed by atoms with van der Waals surface area (Å²) in [6.07, 6.45) is 6.06. The van der Waals surface area contributed by atoms with Crippen LogP contribution in [0.5, 0.6) is 0 Å². The lowest BCUT2D eigenvalue weighted by Crippen LogP contribution is -2.40. The predicted octanol–water partition coefficient (Wildman–Crippen LogP) is 3.25. The zero-order valence-corrected chi connectivity index (χ0v) is 12.1. The predicted molar refractivity (Wildman–Crippen MR) is 71.4 cm³/mol. The molecule has 0 spiro atoms. The maximum atomic E-state index is 9.71. The van der Waals surface area contributed by atoms with Gasteiger partial charge in [0.1, 0.15) is 6.10 Å². The van der Waals surface area contributed by atoms with Crippen molar-refractivity contribution in [3.63, 3.8) is 0 Å². The number of allylic oxidation sites excluding steroid dienone is 2. The van der Waals surface area contributed by atoms with Gasteiger partial charge in [0.2, 0.25) is 0 Å². The minimum absolute atomic E-state index is 0.101. The third-order valence-corrected chi connectivity index (χ3v) is 4.25. The van der Waals surface area contributed by atoms with E-state index in [9.17, 15) is 5.11 Å². The quantitative estimate of drug-likeness (QED) is 0.626. The SMILES string of the molecule is CC[C@@H]1O[C@@H]([C@H](C)O)[C@@H](Cl)C/C=C/C[C@@H]1Br. The Hall–Kier alpha value is 0.430. The molecule has 1 aliphatic heterocycles. The van der Waals surface area contributed by atoms with Crippen LogP contribution in [0.1, 0.15) is 33.1 Å². The molecule has 1 heterocycles. The van der Waals surface area contributed by atoms with Gasteiger partial charge in [-0.05, 0) is 26.2 Å². The molecule has 1 aliphatic rings. The number of aliphatic hydroxyl groups is 1. The van der Waals surface area contributed by atoms with Crippen molar-refractivity contribution in [2.75, 3.05) is 0 Å². The van der Waals surface area contributed by atoms with Crippen LogP contribution in [0.3, 0.4) is 0 Å². The van der Waals surface area contributed by atoms with Crippen LogP contribution in [0.4, 0.5) is 0 Å². The minimum atomic E-state index is -0.539. The van der Waals surface area contributed by atoms with E-state index in [-0.39, 0.29) is 22.4 Å². The van der Waals surface area contributed by atoms with E-state index in [0.717, 1.165) is 19.3 Å². The number of aliphatic hydroxyl groups excluding tert-OH is 1. The molecule has 5 atom stereocenters. The summed E-state index contributed by atoms with van der Waals surface area (Å²) in [5, 5.41) is 9.54. The van der Waals surface area contributed by atoms with Crippen molar-refractivity contribution in [3.8, 4) is 0 Å². The normalized spacial score (nSPS) is 40.6. The molecular weight excluding hydrogens is 291 g/mol. The van der Waals surface area contributed by atoms with E-state index >= 15 is 0 Å². The summed E-state index contributed by atoms with van der Waals surface area (Å²) in [7, 11) is 0. The van der Waals surface area contributed by atoms with Gasteiger partial charge < -0.3 is 9.84 Å². The van der Waals surface area contributed by atoms with Crippen LogP contribution < -0.4 is 0 Å². The third-order valence-electron chi connectivity index (χ3n) is 2.86. The van der Waals surface area contributed by atoms with Crippen molar-refractivity contribution in [2.24, 2.45) is 0 Å². The van der Waals surface area contributed by atoms with Gasteiger partial charge in [0, 0.05) is 4.83 Å². The molecule has 0 saturated carbocycles. The Balaban J connectivity index is 2.78. The van der Waals surface area contributed by atoms with Gasteiger partial charge in [-0.1, -0.05) is 35.0 Å². The van der Waals surface area contributed by atoms with E-state index < -0.39 is 6.10 Å². The summed E-state index contributed by atoms with van der Waals surface area (Å²) in [4.78, 5) is 0.289. The second kappa shape index (κ2) is 7.00. The van der Waals surface area contributed by atoms with Crippen LogP contribution in [-0.4, -0.2) is 33.6 Å². The monoisotopic (exact) mass is 310 g/mol. The Morgan fingerprint density at radius 3 is 2.69 bits per heavy atom. The summed E-state index contributed by atoms with van der Waals surface area (Å²) in [5.74, 6) is 0. The fourth-order valence-electron chi connectivity index (χ4n) is 1.88. The van der Waals surface area contributed by atoms with Crippen LogP contribution in [0.15, 0.2) is 12.2 Å². The second-order valence-corrected chi connectivity index (χ2v) is 6.00. The molecule has 0 fully saturated rings. The fraction of sp³-hybridized carbons (Fsp3) is 0.833. The first-order valence-corrected chi connectivity index (χ1v) is 7.18. The topological polar surface area (TPSA) is 29.5 Å². The second-order valence-electron chi connectivity index (χ2n) is 4.26. The van der Waals surface area contributed by atoms with E-state index in [0.29, 0.717) is 0 Å². The van der Waals surface area contributed by atoms with Crippen molar-refractivity contribution in [3.05, 3.63) is 12.2 Å². The van der Waals surface area contributed by atoms with Gasteiger partial charge in [0.05, 0.1) is 17.6 Å². The van der Waals surface area contributed by atoms with Crippen molar-refractivity contribution < 1.29 is 9.84 Å². The van der Waals surface area contributed by atoms with Gasteiger partial charge in [0.15, 0.2) is 0 Å². The van der Waals surface area contributed by atoms with Gasteiger partial charge in [-0.3, -0.25) is 0 Å². The molecule has 0 aromatic carbocycles. The lowest BCUT2D eigenvalue weighted by atomic mass is 10.1. The first-order valence-electron chi connectivity index (χ1n) is 5.83. The Morgan fingerprint density at radius 2 is 2.12 bits per heavy atom. The van der Waals surface area contributed by atoms with Gasteiger partial charge in [-0.15, -0.1) is 11.6 Å². The number of hydrogen-bond acceptors (Lipinski definition) is 2. The number of rotatable bonds is 2. The molecule has 1 rings (SSSR count). The molecule has 0 amide bonds. The number of ether oxygens (including phenoxy) is 1. The van der Waals surface area contributed by atoms with Crippen molar-refractivity contribution in [1.82, 2.24) is 0 Å². The van der Waals surface area contributed by atoms with Crippen molar-refractivity contribution in [2.45, 2.75) is 61.6 Å². The Bertz CT molecular complexity index is 233. The van der Waals surface area contributed by atoms with Gasteiger partial charge in [-0.25, -0.2) is 0 Å². The van der Waals surface area contributed by atoms with Crippen LogP contribution in [0.2, 0.25) is 0 Å². The molecule has 94 valence electrons. The van der Waals surface area contributed by atoms with Crippen molar-refractivity contribution >= 4 is 27.5 Å². The fourth-order valence-corrected chi connectivity index (χ4v) is 2.97. The average molecular weight is 312 g/mol. The standard InChI is InChI=1S/C12H20BrClO2/c1-3-11-9(13)6-4-5-7-10(14)12(16-11)8(2)15/h4-5,8-12,15H,3,6-7H2,1-2H3/b5-4+/t8-,9-,10-,11-,12-/m0/s1. The van der Waals surface area contributed by atoms with Crippen LogP contribution in [0.25, 0.3) is 0 Å². The van der Waals surface area contributed by atoms with Crippen LogP contribution >= 0.6 is 27.5 Å². The zero-order chi connectivity index (χ0) is 12.1. The molecule has 4 heteroatoms. The highest BCUT2D eigenvalue weighted by molar-refractivity contribution is 9.09. The molecule has 0 aliphatic carbocycles. The summed E-state index contributed by atoms with van der Waals surface area (Å²) < 4.78 is 5.94. The molecule has 0 saturated heterocycles. The molecule has 0 radical (unpaired) electrons. The Morgan fingerprint density at radius 1 is 1.50 bits per heavy atom. The van der Waals surface area contributed by atoms with Gasteiger partial charge in [0.25, 0.3) is 0 Å². The van der Waals surface area contributed by atoms with E-state index in [1.807, 2.05) is 0 Å². The molecule has 16 heavy (non-hydrogen) atoms. The highest BCUT2D eigenvalue weighted by Crippen LogP contribution is 2.25. The first-order chi connectivity index (χ1) is 7.56. The molecular formula is C12H20BrClO2. The summed E-state index contributed by atoms with van der Waals surface area (Å²) in [6, 6.07) is 0.